The number of carbonyl (C=O) groups excluding carboxylic acids is 6. The van der Waals surface area contributed by atoms with Crippen LogP contribution in [0.1, 0.15) is 131 Å². The van der Waals surface area contributed by atoms with Crippen LogP contribution in [0, 0.1) is 0 Å². The molecule has 17 heteroatoms. The summed E-state index contributed by atoms with van der Waals surface area (Å²) < 4.78 is 16.0. The number of amides is 3. The van der Waals surface area contributed by atoms with E-state index in [4.69, 9.17) is 25.7 Å². The van der Waals surface area contributed by atoms with Gasteiger partial charge in [0.25, 0.3) is 0 Å². The van der Waals surface area contributed by atoms with Gasteiger partial charge in [0.1, 0.15) is 31.5 Å². The zero-order chi connectivity index (χ0) is 44.7. The molecule has 5 atom stereocenters. The van der Waals surface area contributed by atoms with Gasteiger partial charge in [-0.3, -0.25) is 14.4 Å². The maximum atomic E-state index is 12.0. The van der Waals surface area contributed by atoms with Crippen molar-refractivity contribution in [3.05, 3.63) is 0 Å². The van der Waals surface area contributed by atoms with Gasteiger partial charge in [-0.1, -0.05) is 86.0 Å². The summed E-state index contributed by atoms with van der Waals surface area (Å²) in [5.74, 6) is -1.81. The lowest BCUT2D eigenvalue weighted by Crippen LogP contribution is -2.47. The SMILES string of the molecule is CC.CCCCCCC(C=O)NC(=O)CN(CC(N)=O)C(=O)CCC=O.CCCCCCCC=O.CCN.CN.CNCCOCCOC1O[C@@H](C)C(O)C[C@H]1O. The van der Waals surface area contributed by atoms with Crippen LogP contribution in [0.3, 0.4) is 0 Å². The highest BCUT2D eigenvalue weighted by Gasteiger charge is 2.34. The van der Waals surface area contributed by atoms with E-state index < -0.39 is 48.8 Å². The molecule has 1 saturated heterocycles. The maximum absolute atomic E-state index is 12.0. The zero-order valence-corrected chi connectivity index (χ0v) is 36.7. The molecule has 17 nitrogen and oxygen atoms in total. The molecule has 340 valence electrons. The first-order chi connectivity index (χ1) is 27.4. The van der Waals surface area contributed by atoms with Gasteiger partial charge in [0.15, 0.2) is 6.29 Å². The fourth-order valence-corrected chi connectivity index (χ4v) is 4.58. The Hall–Kier alpha value is -2.90. The van der Waals surface area contributed by atoms with Gasteiger partial charge < -0.3 is 71.5 Å². The summed E-state index contributed by atoms with van der Waals surface area (Å²) in [6.07, 6.45) is 11.5. The van der Waals surface area contributed by atoms with E-state index in [2.05, 4.69) is 30.2 Å². The van der Waals surface area contributed by atoms with Gasteiger partial charge in [-0.15, -0.1) is 0 Å². The number of hydrogen-bond donors (Lipinski definition) is 7. The minimum atomic E-state index is -0.779. The van der Waals surface area contributed by atoms with Crippen LogP contribution in [-0.4, -0.2) is 142 Å². The number of unbranched alkanes of at least 4 members (excludes halogenated alkanes) is 8. The fraction of sp³-hybridized carbons (Fsp3) is 0.850. The molecule has 1 rings (SSSR count). The van der Waals surface area contributed by atoms with Gasteiger partial charge in [0.2, 0.25) is 17.7 Å². The predicted molar refractivity (Wildman–Crippen MR) is 225 cm³/mol. The first kappa shape index (κ1) is 63.3. The van der Waals surface area contributed by atoms with Gasteiger partial charge in [-0.05, 0) is 40.4 Å². The van der Waals surface area contributed by atoms with E-state index in [-0.39, 0.29) is 31.9 Å². The molecule has 3 unspecified atom stereocenters. The number of aldehydes is 3. The molecular formula is C40H84N6O11. The van der Waals surface area contributed by atoms with Crippen molar-refractivity contribution in [2.24, 2.45) is 17.2 Å². The molecule has 0 aromatic rings. The van der Waals surface area contributed by atoms with Crippen molar-refractivity contribution in [1.82, 2.24) is 15.5 Å². The number of carbonyl (C=O) groups is 6. The number of ether oxygens (including phenoxy) is 3. The van der Waals surface area contributed by atoms with Crippen molar-refractivity contribution >= 4 is 36.6 Å². The number of nitrogens with one attached hydrogen (secondary N) is 2. The standard InChI is InChI=1S/C16H27N3O5.C11H23NO5.C8H16O.C2H7N.C2H6.CH5N/c1-2-3-4-5-7-13(12-21)18-15(23)11-19(10-14(17)22)16(24)8-6-9-20;1-8-9(13)7-10(14)11(17-8)16-6-5-15-4-3-12-2;1-2-3-4-5-6-7-8-9;1-2-3;2*1-2/h9,12-13H,2-8,10-11H2,1H3,(H2,17,22)(H,18,23);8-14H,3-7H2,1-2H3;8H,2-7H2,1H3;2-3H2,1H3;1-2H3;2H2,1H3/t;8-,9?,10+,11?;;;;/m.0..../s1. The fourth-order valence-electron chi connectivity index (χ4n) is 4.58. The molecule has 0 radical (unpaired) electrons. The minimum absolute atomic E-state index is 0.00407. The molecule has 0 aromatic carbocycles. The van der Waals surface area contributed by atoms with E-state index in [9.17, 15) is 39.0 Å². The predicted octanol–water partition coefficient (Wildman–Crippen LogP) is 2.14. The van der Waals surface area contributed by atoms with Crippen molar-refractivity contribution in [3.63, 3.8) is 0 Å². The molecule has 10 N–H and O–H groups in total. The smallest absolute Gasteiger partial charge is 0.240 e. The molecule has 0 saturated carbocycles. The van der Waals surface area contributed by atoms with E-state index in [0.29, 0.717) is 38.8 Å². The van der Waals surface area contributed by atoms with Crippen LogP contribution >= 0.6 is 0 Å². The first-order valence-corrected chi connectivity index (χ1v) is 20.7. The summed E-state index contributed by atoms with van der Waals surface area (Å²) in [5.41, 5.74) is 14.4. The van der Waals surface area contributed by atoms with Gasteiger partial charge in [0.05, 0.1) is 44.6 Å². The molecule has 0 spiro atoms. The molecular weight excluding hydrogens is 740 g/mol. The number of aliphatic hydroxyl groups excluding tert-OH is 2. The Bertz CT molecular complexity index is 921. The minimum Gasteiger partial charge on any atom is -0.390 e. The number of nitrogens with zero attached hydrogens (tertiary/aromatic N) is 1. The number of hydrogen-bond acceptors (Lipinski definition) is 14. The number of primary amides is 1. The summed E-state index contributed by atoms with van der Waals surface area (Å²) in [4.78, 5) is 67.1. The summed E-state index contributed by atoms with van der Waals surface area (Å²) in [7, 11) is 3.36. The van der Waals surface area contributed by atoms with Crippen molar-refractivity contribution in [3.8, 4) is 0 Å². The Labute approximate surface area is 344 Å². The van der Waals surface area contributed by atoms with Crippen LogP contribution in [0.4, 0.5) is 0 Å². The lowest BCUT2D eigenvalue weighted by molar-refractivity contribution is -0.263. The van der Waals surface area contributed by atoms with Crippen LogP contribution in [0.15, 0.2) is 0 Å². The van der Waals surface area contributed by atoms with Crippen LogP contribution in [-0.2, 0) is 43.0 Å². The molecule has 1 aliphatic heterocycles. The lowest BCUT2D eigenvalue weighted by Gasteiger charge is -2.35. The molecule has 1 heterocycles. The molecule has 0 bridgehead atoms. The van der Waals surface area contributed by atoms with Crippen LogP contribution in [0.2, 0.25) is 0 Å². The molecule has 57 heavy (non-hydrogen) atoms. The monoisotopic (exact) mass is 825 g/mol. The summed E-state index contributed by atoms with van der Waals surface area (Å²) in [6, 6.07) is -0.616. The molecule has 1 fully saturated rings. The van der Waals surface area contributed by atoms with Crippen molar-refractivity contribution in [2.75, 3.05) is 60.1 Å². The van der Waals surface area contributed by atoms with E-state index in [1.165, 1.54) is 32.7 Å². The van der Waals surface area contributed by atoms with E-state index in [1.54, 1.807) is 6.92 Å². The first-order valence-electron chi connectivity index (χ1n) is 20.7. The molecule has 0 aliphatic carbocycles. The Kier molecular flexibility index (Phi) is 56.7. The van der Waals surface area contributed by atoms with Crippen LogP contribution in [0.25, 0.3) is 0 Å². The molecule has 0 aromatic heterocycles. The Morgan fingerprint density at radius 1 is 0.860 bits per heavy atom. The van der Waals surface area contributed by atoms with E-state index >= 15 is 0 Å². The quantitative estimate of drug-likeness (QED) is 0.0462. The van der Waals surface area contributed by atoms with Gasteiger partial charge in [0, 0.05) is 32.2 Å². The number of rotatable bonds is 27. The second kappa shape index (κ2) is 51.1. The average molecular weight is 825 g/mol. The Morgan fingerprint density at radius 3 is 1.93 bits per heavy atom. The highest BCUT2D eigenvalue weighted by Crippen LogP contribution is 2.20. The normalized spacial score (nSPS) is 16.9. The maximum Gasteiger partial charge on any atom is 0.240 e. The van der Waals surface area contributed by atoms with Gasteiger partial charge in [-0.2, -0.15) is 0 Å². The van der Waals surface area contributed by atoms with E-state index in [0.717, 1.165) is 62.8 Å². The Morgan fingerprint density at radius 2 is 1.42 bits per heavy atom. The van der Waals surface area contributed by atoms with Crippen LogP contribution in [0.5, 0.6) is 0 Å². The van der Waals surface area contributed by atoms with Gasteiger partial charge in [-0.25, -0.2) is 0 Å². The second-order valence-electron chi connectivity index (χ2n) is 12.5. The molecule has 1 aliphatic rings. The number of nitrogens with two attached hydrogens (primary N) is 3. The largest absolute Gasteiger partial charge is 0.390 e. The third kappa shape index (κ3) is 45.7. The average Bonchev–Trinajstić information content (AvgIpc) is 3.20. The Balaban J connectivity index is -0.000000236. The lowest BCUT2D eigenvalue weighted by atomic mass is 10.0. The van der Waals surface area contributed by atoms with Crippen molar-refractivity contribution in [2.45, 2.75) is 162 Å². The van der Waals surface area contributed by atoms with E-state index in [1.807, 2.05) is 27.8 Å². The molecule has 3 amide bonds. The third-order valence-electron chi connectivity index (χ3n) is 7.51. The summed E-state index contributed by atoms with van der Waals surface area (Å²) in [6.45, 7) is 14.2. The number of likely N-dealkylation sites (N-methyl/N-ethyl adjacent to an activating group) is 1. The highest BCUT2D eigenvalue weighted by molar-refractivity contribution is 5.89. The van der Waals surface area contributed by atoms with Crippen molar-refractivity contribution in [1.29, 1.82) is 0 Å². The summed E-state index contributed by atoms with van der Waals surface area (Å²) in [5, 5.41) is 24.6. The van der Waals surface area contributed by atoms with Crippen molar-refractivity contribution < 1.29 is 53.2 Å². The number of aliphatic hydroxyl groups is 2. The topological polar surface area (TPSA) is 276 Å². The highest BCUT2D eigenvalue weighted by atomic mass is 16.7. The third-order valence-corrected chi connectivity index (χ3v) is 7.51. The van der Waals surface area contributed by atoms with Crippen LogP contribution < -0.4 is 27.8 Å². The second-order valence-corrected chi connectivity index (χ2v) is 12.5. The zero-order valence-electron chi connectivity index (χ0n) is 36.7. The summed E-state index contributed by atoms with van der Waals surface area (Å²) >= 11 is 0. The van der Waals surface area contributed by atoms with Gasteiger partial charge >= 0.3 is 0 Å².